The van der Waals surface area contributed by atoms with Crippen molar-refractivity contribution in [3.63, 3.8) is 0 Å². The Balaban J connectivity index is 0.982. The highest BCUT2D eigenvalue weighted by molar-refractivity contribution is 7.25. The quantitative estimate of drug-likeness (QED) is 0.191. The minimum absolute atomic E-state index is 0.297. The van der Waals surface area contributed by atoms with Crippen LogP contribution in [0.15, 0.2) is 196 Å². The molecule has 0 saturated carbocycles. The van der Waals surface area contributed by atoms with Gasteiger partial charge in [0.05, 0.1) is 16.6 Å². The third-order valence-electron chi connectivity index (χ3n) is 11.3. The maximum absolute atomic E-state index is 6.94. The Labute approximate surface area is 331 Å². The monoisotopic (exact) mass is 748 g/mol. The molecule has 0 bridgehead atoms. The van der Waals surface area contributed by atoms with Gasteiger partial charge in [0, 0.05) is 58.5 Å². The van der Waals surface area contributed by atoms with E-state index in [2.05, 4.69) is 155 Å². The smallest absolute Gasteiger partial charge is 0.163 e. The second-order valence-electron chi connectivity index (χ2n) is 14.6. The number of thiophene rings is 1. The third kappa shape index (κ3) is 5.08. The van der Waals surface area contributed by atoms with Gasteiger partial charge in [-0.1, -0.05) is 140 Å². The van der Waals surface area contributed by atoms with Crippen LogP contribution in [-0.2, 0) is 0 Å². The van der Waals surface area contributed by atoms with Gasteiger partial charge in [-0.05, 0) is 53.6 Å². The van der Waals surface area contributed by atoms with Gasteiger partial charge in [0.2, 0.25) is 0 Å². The Hall–Kier alpha value is -7.28. The number of aliphatic imine (C=N–C) groups is 2. The number of aromatic nitrogens is 1. The first-order valence-corrected chi connectivity index (χ1v) is 20.0. The lowest BCUT2D eigenvalue weighted by Gasteiger charge is -2.23. The van der Waals surface area contributed by atoms with Crippen LogP contribution in [-0.4, -0.2) is 16.2 Å². The van der Waals surface area contributed by atoms with Crippen molar-refractivity contribution in [2.45, 2.75) is 6.17 Å². The fourth-order valence-electron chi connectivity index (χ4n) is 8.61. The van der Waals surface area contributed by atoms with Gasteiger partial charge in [-0.2, -0.15) is 0 Å². The van der Waals surface area contributed by atoms with Crippen LogP contribution >= 0.6 is 11.3 Å². The molecule has 57 heavy (non-hydrogen) atoms. The van der Waals surface area contributed by atoms with Gasteiger partial charge in [-0.15, -0.1) is 11.3 Å². The molecule has 6 heteroatoms. The first-order chi connectivity index (χ1) is 28.2. The van der Waals surface area contributed by atoms with Crippen molar-refractivity contribution in [1.82, 2.24) is 9.88 Å². The van der Waals surface area contributed by atoms with E-state index in [1.54, 1.807) is 0 Å². The van der Waals surface area contributed by atoms with Crippen molar-refractivity contribution in [3.8, 4) is 16.8 Å². The van der Waals surface area contributed by atoms with E-state index in [0.717, 1.165) is 55.6 Å². The number of rotatable bonds is 5. The van der Waals surface area contributed by atoms with Crippen molar-refractivity contribution < 1.29 is 4.42 Å². The first kappa shape index (κ1) is 32.0. The standard InChI is InChI=1S/C51H32N4OS/c1-3-13-31(14-4-1)49-52-50(32-15-5-2-6-16-32)54-51(53-49)41-22-12-21-40-39-20-11-19-35(47(39)56-48(40)41)33-25-28-45-42(29-33)38-27-26-34(30-46(38)57-45)55-43-23-9-7-17-36(43)37-18-8-10-24-44(37)55/h1-30,49H,(H,52,53,54). The molecule has 5 nitrogen and oxygen atoms in total. The van der Waals surface area contributed by atoms with Gasteiger partial charge < -0.3 is 14.3 Å². The fraction of sp³-hybridized carbons (Fsp3) is 0.0196. The fourth-order valence-corrected chi connectivity index (χ4v) is 9.73. The zero-order valence-electron chi connectivity index (χ0n) is 30.6. The molecule has 1 atom stereocenters. The Morgan fingerprint density at radius 3 is 1.89 bits per heavy atom. The van der Waals surface area contributed by atoms with E-state index in [0.29, 0.717) is 5.84 Å². The summed E-state index contributed by atoms with van der Waals surface area (Å²) in [5.41, 5.74) is 10.4. The first-order valence-electron chi connectivity index (χ1n) is 19.2. The number of hydrogen-bond donors (Lipinski definition) is 1. The number of fused-ring (bicyclic) bond motifs is 9. The molecule has 1 N–H and O–H groups in total. The van der Waals surface area contributed by atoms with Crippen LogP contribution in [0.5, 0.6) is 0 Å². The summed E-state index contributed by atoms with van der Waals surface area (Å²) in [5, 5.41) is 10.7. The largest absolute Gasteiger partial charge is 0.455 e. The molecule has 0 spiro atoms. The minimum Gasteiger partial charge on any atom is -0.455 e. The van der Waals surface area contributed by atoms with E-state index >= 15 is 0 Å². The second kappa shape index (κ2) is 12.6. The van der Waals surface area contributed by atoms with Crippen LogP contribution in [0.2, 0.25) is 0 Å². The number of para-hydroxylation sites is 4. The molecule has 1 unspecified atom stereocenters. The third-order valence-corrected chi connectivity index (χ3v) is 12.4. The lowest BCUT2D eigenvalue weighted by Crippen LogP contribution is -2.33. The van der Waals surface area contributed by atoms with E-state index in [1.165, 1.54) is 47.7 Å². The van der Waals surface area contributed by atoms with Crippen molar-refractivity contribution in [1.29, 1.82) is 0 Å². The molecule has 4 heterocycles. The van der Waals surface area contributed by atoms with Crippen LogP contribution in [0.3, 0.4) is 0 Å². The van der Waals surface area contributed by atoms with Crippen molar-refractivity contribution in [2.75, 3.05) is 0 Å². The molecule has 1 aliphatic heterocycles. The molecule has 3 aromatic heterocycles. The Bertz CT molecular complexity index is 3390. The van der Waals surface area contributed by atoms with Gasteiger partial charge in [0.15, 0.2) is 5.84 Å². The molecule has 11 aromatic rings. The van der Waals surface area contributed by atoms with Gasteiger partial charge in [0.1, 0.15) is 23.2 Å². The van der Waals surface area contributed by atoms with E-state index < -0.39 is 0 Å². The molecule has 0 aliphatic carbocycles. The highest BCUT2D eigenvalue weighted by atomic mass is 32.1. The average molecular weight is 749 g/mol. The van der Waals surface area contributed by atoms with Crippen LogP contribution in [0.4, 0.5) is 0 Å². The van der Waals surface area contributed by atoms with E-state index in [-0.39, 0.29) is 6.17 Å². The molecule has 268 valence electrons. The molecule has 12 rings (SSSR count). The van der Waals surface area contributed by atoms with Gasteiger partial charge in [-0.25, -0.2) is 9.98 Å². The number of benzene rings is 8. The zero-order chi connectivity index (χ0) is 37.5. The van der Waals surface area contributed by atoms with Crippen molar-refractivity contribution in [3.05, 3.63) is 199 Å². The Kier molecular flexibility index (Phi) is 7.09. The molecule has 8 aromatic carbocycles. The van der Waals surface area contributed by atoms with Crippen LogP contribution in [0, 0.1) is 0 Å². The number of amidine groups is 2. The Morgan fingerprint density at radius 1 is 0.491 bits per heavy atom. The van der Waals surface area contributed by atoms with Crippen LogP contribution in [0.25, 0.3) is 80.7 Å². The molecule has 0 amide bonds. The minimum atomic E-state index is -0.297. The molecule has 0 radical (unpaired) electrons. The maximum Gasteiger partial charge on any atom is 0.163 e. The predicted molar refractivity (Wildman–Crippen MR) is 238 cm³/mol. The second-order valence-corrected chi connectivity index (χ2v) is 15.7. The normalized spacial score (nSPS) is 14.5. The summed E-state index contributed by atoms with van der Waals surface area (Å²) in [7, 11) is 0. The molecular formula is C51H32N4OS. The topological polar surface area (TPSA) is 54.8 Å². The van der Waals surface area contributed by atoms with Crippen LogP contribution < -0.4 is 5.32 Å². The Morgan fingerprint density at radius 2 is 1.14 bits per heavy atom. The van der Waals surface area contributed by atoms with Gasteiger partial charge >= 0.3 is 0 Å². The number of hydrogen-bond acceptors (Lipinski definition) is 5. The van der Waals surface area contributed by atoms with Crippen molar-refractivity contribution >= 4 is 86.9 Å². The molecule has 1 aliphatic rings. The molecule has 0 fully saturated rings. The van der Waals surface area contributed by atoms with E-state index in [9.17, 15) is 0 Å². The summed E-state index contributed by atoms with van der Waals surface area (Å²) < 4.78 is 11.9. The number of nitrogens with zero attached hydrogens (tertiary/aromatic N) is 3. The molecule has 0 saturated heterocycles. The highest BCUT2D eigenvalue weighted by Crippen LogP contribution is 2.42. The van der Waals surface area contributed by atoms with Crippen LogP contribution in [0.1, 0.15) is 22.9 Å². The number of nitrogens with one attached hydrogen (secondary N) is 1. The summed E-state index contributed by atoms with van der Waals surface area (Å²) in [5.74, 6) is 1.42. The lowest BCUT2D eigenvalue weighted by molar-refractivity contribution is 0.664. The summed E-state index contributed by atoms with van der Waals surface area (Å²) in [6, 6.07) is 64.3. The number of furan rings is 1. The summed E-state index contributed by atoms with van der Waals surface area (Å²) in [4.78, 5) is 10.3. The van der Waals surface area contributed by atoms with E-state index in [1.807, 2.05) is 47.7 Å². The average Bonchev–Trinajstić information content (AvgIpc) is 3.96. The highest BCUT2D eigenvalue weighted by Gasteiger charge is 2.24. The molecular weight excluding hydrogens is 717 g/mol. The van der Waals surface area contributed by atoms with Crippen molar-refractivity contribution in [2.24, 2.45) is 9.98 Å². The van der Waals surface area contributed by atoms with Gasteiger partial charge in [0.25, 0.3) is 0 Å². The summed E-state index contributed by atoms with van der Waals surface area (Å²) in [6.07, 6.45) is -0.297. The summed E-state index contributed by atoms with van der Waals surface area (Å²) >= 11 is 1.84. The van der Waals surface area contributed by atoms with Gasteiger partial charge in [-0.3, -0.25) is 0 Å². The lowest BCUT2D eigenvalue weighted by atomic mass is 10.00. The predicted octanol–water partition coefficient (Wildman–Crippen LogP) is 13.2. The SMILES string of the molecule is c1ccc(C2=NC(c3cccc4c3oc3c(-c5ccc6sc7cc(-n8c9ccccc9c9ccccc98)ccc7c6c5)cccc34)=NC(c3ccccc3)N2)cc1. The maximum atomic E-state index is 6.94. The zero-order valence-corrected chi connectivity index (χ0v) is 31.4. The summed E-state index contributed by atoms with van der Waals surface area (Å²) in [6.45, 7) is 0. The van der Waals surface area contributed by atoms with E-state index in [4.69, 9.17) is 14.4 Å².